The van der Waals surface area contributed by atoms with Crippen LogP contribution < -0.4 is 0 Å². The third-order valence-electron chi connectivity index (χ3n) is 2.70. The van der Waals surface area contributed by atoms with Gasteiger partial charge in [0, 0.05) is 16.1 Å². The van der Waals surface area contributed by atoms with Gasteiger partial charge in [-0.2, -0.15) is 0 Å². The summed E-state index contributed by atoms with van der Waals surface area (Å²) >= 11 is 9.27. The summed E-state index contributed by atoms with van der Waals surface area (Å²) in [4.78, 5) is 4.05. The molecule has 4 nitrogen and oxygen atoms in total. The highest BCUT2D eigenvalue weighted by molar-refractivity contribution is 9.10. The molecule has 0 N–H and O–H groups in total. The minimum atomic E-state index is 0.411. The van der Waals surface area contributed by atoms with Gasteiger partial charge in [0.05, 0.1) is 0 Å². The van der Waals surface area contributed by atoms with Gasteiger partial charge >= 0.3 is 0 Å². The van der Waals surface area contributed by atoms with Gasteiger partial charge in [0.2, 0.25) is 0 Å². The van der Waals surface area contributed by atoms with E-state index in [-0.39, 0.29) is 0 Å². The molecule has 0 saturated carbocycles. The Hall–Kier alpha value is -1.46. The van der Waals surface area contributed by atoms with E-state index >= 15 is 0 Å². The molecule has 2 aromatic heterocycles. The number of rotatable bonds is 1. The standard InChI is InChI=1S/C12H8BrClN4/c1-7-4-8(13)2-3-9(7)12-17-16-11-5-10(14)15-6-18(11)12/h2-6H,1H3. The lowest BCUT2D eigenvalue weighted by Gasteiger charge is -2.04. The lowest BCUT2D eigenvalue weighted by molar-refractivity contribution is 1.07. The number of hydrogen-bond acceptors (Lipinski definition) is 3. The molecule has 1 aromatic carbocycles. The maximum atomic E-state index is 5.83. The zero-order valence-electron chi connectivity index (χ0n) is 9.43. The van der Waals surface area contributed by atoms with Crippen molar-refractivity contribution in [3.63, 3.8) is 0 Å². The van der Waals surface area contributed by atoms with E-state index < -0.39 is 0 Å². The van der Waals surface area contributed by atoms with Crippen molar-refractivity contribution >= 4 is 33.2 Å². The first-order valence-corrected chi connectivity index (χ1v) is 6.45. The van der Waals surface area contributed by atoms with E-state index in [2.05, 4.69) is 31.1 Å². The smallest absolute Gasteiger partial charge is 0.169 e. The zero-order chi connectivity index (χ0) is 12.7. The predicted octanol–water partition coefficient (Wildman–Crippen LogP) is 3.52. The Morgan fingerprint density at radius 3 is 2.83 bits per heavy atom. The lowest BCUT2D eigenvalue weighted by atomic mass is 10.1. The van der Waals surface area contributed by atoms with Crippen LogP contribution in [0.25, 0.3) is 17.0 Å². The summed E-state index contributed by atoms with van der Waals surface area (Å²) in [5.41, 5.74) is 2.83. The van der Waals surface area contributed by atoms with Crippen LogP contribution >= 0.6 is 27.5 Å². The number of nitrogens with zero attached hydrogens (tertiary/aromatic N) is 4. The maximum absolute atomic E-state index is 5.83. The predicted molar refractivity (Wildman–Crippen MR) is 73.7 cm³/mol. The molecule has 0 atom stereocenters. The van der Waals surface area contributed by atoms with Gasteiger partial charge in [0.25, 0.3) is 0 Å². The molecule has 0 aliphatic heterocycles. The summed E-state index contributed by atoms with van der Waals surface area (Å²) < 4.78 is 2.86. The number of halogens is 2. The van der Waals surface area contributed by atoms with E-state index in [1.165, 1.54) is 0 Å². The molecule has 0 spiro atoms. The van der Waals surface area contributed by atoms with E-state index in [9.17, 15) is 0 Å². The Morgan fingerprint density at radius 2 is 2.06 bits per heavy atom. The highest BCUT2D eigenvalue weighted by atomic mass is 79.9. The molecule has 0 bridgehead atoms. The Labute approximate surface area is 117 Å². The van der Waals surface area contributed by atoms with Crippen LogP contribution in [-0.4, -0.2) is 19.6 Å². The zero-order valence-corrected chi connectivity index (χ0v) is 11.8. The highest BCUT2D eigenvalue weighted by Crippen LogP contribution is 2.25. The van der Waals surface area contributed by atoms with Crippen LogP contribution in [-0.2, 0) is 0 Å². The SMILES string of the molecule is Cc1cc(Br)ccc1-c1nnc2cc(Cl)ncn12. The molecule has 3 aromatic rings. The number of hydrogen-bond donors (Lipinski definition) is 0. The third kappa shape index (κ3) is 1.89. The van der Waals surface area contributed by atoms with Gasteiger partial charge in [0.15, 0.2) is 11.5 Å². The first kappa shape index (κ1) is 11.6. The van der Waals surface area contributed by atoms with Crippen molar-refractivity contribution in [1.82, 2.24) is 19.6 Å². The molecular weight excluding hydrogens is 316 g/mol. The molecule has 2 heterocycles. The molecular formula is C12H8BrClN4. The normalized spacial score (nSPS) is 11.1. The number of benzene rings is 1. The highest BCUT2D eigenvalue weighted by Gasteiger charge is 2.11. The van der Waals surface area contributed by atoms with Gasteiger partial charge < -0.3 is 0 Å². The van der Waals surface area contributed by atoms with Crippen LogP contribution in [0.2, 0.25) is 5.15 Å². The van der Waals surface area contributed by atoms with Crippen molar-refractivity contribution < 1.29 is 0 Å². The third-order valence-corrected chi connectivity index (χ3v) is 3.40. The summed E-state index contributed by atoms with van der Waals surface area (Å²) in [5.74, 6) is 0.763. The molecule has 0 aliphatic rings. The monoisotopic (exact) mass is 322 g/mol. The minimum absolute atomic E-state index is 0.411. The topological polar surface area (TPSA) is 43.1 Å². The molecule has 0 amide bonds. The van der Waals surface area contributed by atoms with Crippen LogP contribution in [0, 0.1) is 6.92 Å². The fourth-order valence-electron chi connectivity index (χ4n) is 1.83. The molecule has 18 heavy (non-hydrogen) atoms. The first-order chi connectivity index (χ1) is 8.65. The van der Waals surface area contributed by atoms with Crippen LogP contribution in [0.5, 0.6) is 0 Å². The Morgan fingerprint density at radius 1 is 1.22 bits per heavy atom. The lowest BCUT2D eigenvalue weighted by Crippen LogP contribution is -1.93. The van der Waals surface area contributed by atoms with Gasteiger partial charge in [0.1, 0.15) is 11.5 Å². The number of aromatic nitrogens is 4. The van der Waals surface area contributed by atoms with E-state index in [0.717, 1.165) is 21.4 Å². The van der Waals surface area contributed by atoms with E-state index in [1.54, 1.807) is 12.4 Å². The molecule has 0 aliphatic carbocycles. The van der Waals surface area contributed by atoms with Crippen molar-refractivity contribution in [3.05, 3.63) is 45.8 Å². The van der Waals surface area contributed by atoms with Crippen molar-refractivity contribution in [2.24, 2.45) is 0 Å². The van der Waals surface area contributed by atoms with Crippen LogP contribution in [0.4, 0.5) is 0 Å². The summed E-state index contributed by atoms with van der Waals surface area (Å²) in [7, 11) is 0. The number of fused-ring (bicyclic) bond motifs is 1. The largest absolute Gasteiger partial charge is 0.265 e. The van der Waals surface area contributed by atoms with Crippen LogP contribution in [0.1, 0.15) is 5.56 Å². The number of aryl methyl sites for hydroxylation is 1. The molecule has 3 rings (SSSR count). The fourth-order valence-corrected chi connectivity index (χ4v) is 2.45. The maximum Gasteiger partial charge on any atom is 0.169 e. The Kier molecular flexibility index (Phi) is 2.80. The van der Waals surface area contributed by atoms with E-state index in [0.29, 0.717) is 10.8 Å². The molecule has 90 valence electrons. The molecule has 0 fully saturated rings. The quantitative estimate of drug-likeness (QED) is 0.644. The van der Waals surface area contributed by atoms with Gasteiger partial charge in [-0.05, 0) is 30.7 Å². The second-order valence-corrected chi connectivity index (χ2v) is 5.23. The van der Waals surface area contributed by atoms with Crippen molar-refractivity contribution in [2.45, 2.75) is 6.92 Å². The minimum Gasteiger partial charge on any atom is -0.265 e. The van der Waals surface area contributed by atoms with Crippen molar-refractivity contribution in [3.8, 4) is 11.4 Å². The molecule has 0 unspecified atom stereocenters. The summed E-state index contributed by atoms with van der Waals surface area (Å²) in [6, 6.07) is 7.71. The van der Waals surface area contributed by atoms with E-state index in [1.807, 2.05) is 29.5 Å². The second-order valence-electron chi connectivity index (χ2n) is 3.92. The summed E-state index contributed by atoms with van der Waals surface area (Å²) in [6.07, 6.45) is 1.63. The van der Waals surface area contributed by atoms with Crippen molar-refractivity contribution in [1.29, 1.82) is 0 Å². The van der Waals surface area contributed by atoms with Crippen molar-refractivity contribution in [2.75, 3.05) is 0 Å². The molecule has 0 saturated heterocycles. The average molecular weight is 324 g/mol. The fraction of sp³-hybridized carbons (Fsp3) is 0.0833. The summed E-state index contributed by atoms with van der Waals surface area (Å²) in [5, 5.41) is 8.70. The van der Waals surface area contributed by atoms with E-state index in [4.69, 9.17) is 11.6 Å². The van der Waals surface area contributed by atoms with Crippen LogP contribution in [0.3, 0.4) is 0 Å². The summed E-state index contributed by atoms with van der Waals surface area (Å²) in [6.45, 7) is 2.03. The Bertz CT molecular complexity index is 738. The Balaban J connectivity index is 2.25. The van der Waals surface area contributed by atoms with Crippen LogP contribution in [0.15, 0.2) is 35.1 Å². The molecule has 0 radical (unpaired) electrons. The average Bonchev–Trinajstić information content (AvgIpc) is 2.72. The van der Waals surface area contributed by atoms with Gasteiger partial charge in [-0.1, -0.05) is 27.5 Å². The van der Waals surface area contributed by atoms with Gasteiger partial charge in [-0.25, -0.2) is 4.98 Å². The first-order valence-electron chi connectivity index (χ1n) is 5.28. The van der Waals surface area contributed by atoms with Gasteiger partial charge in [-0.15, -0.1) is 10.2 Å². The second kappa shape index (κ2) is 4.33. The molecule has 6 heteroatoms. The van der Waals surface area contributed by atoms with Gasteiger partial charge in [-0.3, -0.25) is 4.40 Å².